The molecule has 0 saturated carbocycles. The highest BCUT2D eigenvalue weighted by molar-refractivity contribution is 5.70. The third-order valence-corrected chi connectivity index (χ3v) is 2.50. The van der Waals surface area contributed by atoms with Crippen molar-refractivity contribution in [1.82, 2.24) is 0 Å². The molecule has 1 aliphatic heterocycles. The highest BCUT2D eigenvalue weighted by atomic mass is 16.7. The van der Waals surface area contributed by atoms with Crippen LogP contribution in [-0.4, -0.2) is 43.3 Å². The van der Waals surface area contributed by atoms with Crippen molar-refractivity contribution in [2.24, 2.45) is 5.92 Å². The number of carbonyl (C=O) groups is 1. The molecular formula is C13H20O5. The molecule has 0 amide bonds. The number of aliphatic hydroxyl groups excluding tert-OH is 1. The molecule has 5 nitrogen and oxygen atoms in total. The average molecular weight is 256 g/mol. The van der Waals surface area contributed by atoms with Crippen LogP contribution in [0.1, 0.15) is 13.3 Å². The zero-order valence-corrected chi connectivity index (χ0v) is 10.6. The van der Waals surface area contributed by atoms with E-state index < -0.39 is 12.4 Å². The molecular weight excluding hydrogens is 236 g/mol. The van der Waals surface area contributed by atoms with E-state index >= 15 is 0 Å². The summed E-state index contributed by atoms with van der Waals surface area (Å²) in [5.74, 6) is -0.489. The first-order valence-corrected chi connectivity index (χ1v) is 6.04. The van der Waals surface area contributed by atoms with Crippen LogP contribution in [0.5, 0.6) is 0 Å². The molecule has 0 unspecified atom stereocenters. The minimum atomic E-state index is -0.561. The topological polar surface area (TPSA) is 65.0 Å². The predicted octanol–water partition coefficient (Wildman–Crippen LogP) is 1.03. The van der Waals surface area contributed by atoms with Crippen molar-refractivity contribution in [3.8, 4) is 0 Å². The summed E-state index contributed by atoms with van der Waals surface area (Å²) in [4.78, 5) is 11.4. The lowest BCUT2D eigenvalue weighted by Crippen LogP contribution is -2.36. The van der Waals surface area contributed by atoms with Gasteiger partial charge < -0.3 is 19.3 Å². The van der Waals surface area contributed by atoms with Crippen LogP contribution in [0, 0.1) is 5.92 Å². The van der Waals surface area contributed by atoms with Crippen LogP contribution in [0.15, 0.2) is 24.8 Å². The Morgan fingerprint density at radius 3 is 2.94 bits per heavy atom. The molecule has 0 aliphatic carbocycles. The van der Waals surface area contributed by atoms with Gasteiger partial charge in [-0.1, -0.05) is 18.2 Å². The van der Waals surface area contributed by atoms with E-state index in [-0.39, 0.29) is 24.9 Å². The van der Waals surface area contributed by atoms with Crippen LogP contribution in [-0.2, 0) is 19.0 Å². The van der Waals surface area contributed by atoms with E-state index in [2.05, 4.69) is 6.58 Å². The van der Waals surface area contributed by atoms with Gasteiger partial charge in [-0.15, -0.1) is 6.58 Å². The van der Waals surface area contributed by atoms with Crippen molar-refractivity contribution in [2.45, 2.75) is 25.7 Å². The molecule has 1 aliphatic rings. The van der Waals surface area contributed by atoms with Crippen molar-refractivity contribution in [1.29, 1.82) is 0 Å². The molecule has 1 rings (SSSR count). The second-order valence-corrected chi connectivity index (χ2v) is 3.91. The molecule has 0 aromatic carbocycles. The molecule has 102 valence electrons. The molecule has 0 radical (unpaired) electrons. The van der Waals surface area contributed by atoms with Crippen LogP contribution >= 0.6 is 0 Å². The smallest absolute Gasteiger partial charge is 0.306 e. The van der Waals surface area contributed by atoms with E-state index in [1.165, 1.54) is 0 Å². The standard InChI is InChI=1S/C13H20O5/c1-3-7-17-13-10(8-12(15)16-4-2)5-6-11(9-14)18-13/h3,5-6,10-11,13-14H,1,4,7-9H2,2H3/t10-,11+,13+/m1/s1. The Bertz CT molecular complexity index is 300. The van der Waals surface area contributed by atoms with Gasteiger partial charge >= 0.3 is 5.97 Å². The Kier molecular flexibility index (Phi) is 6.64. The fraction of sp³-hybridized carbons (Fsp3) is 0.615. The number of carbonyl (C=O) groups excluding carboxylic acids is 1. The van der Waals surface area contributed by atoms with Gasteiger partial charge in [-0.2, -0.15) is 0 Å². The summed E-state index contributed by atoms with van der Waals surface area (Å²) < 4.78 is 15.9. The molecule has 1 N–H and O–H groups in total. The summed E-state index contributed by atoms with van der Waals surface area (Å²) in [6.07, 6.45) is 4.42. The van der Waals surface area contributed by atoms with Gasteiger partial charge in [0.05, 0.1) is 26.2 Å². The molecule has 0 aromatic heterocycles. The van der Waals surface area contributed by atoms with Crippen LogP contribution < -0.4 is 0 Å². The van der Waals surface area contributed by atoms with Gasteiger partial charge in [0.25, 0.3) is 0 Å². The molecule has 3 atom stereocenters. The number of aliphatic hydroxyl groups is 1. The maximum atomic E-state index is 11.4. The lowest BCUT2D eigenvalue weighted by molar-refractivity contribution is -0.191. The number of hydrogen-bond donors (Lipinski definition) is 1. The maximum Gasteiger partial charge on any atom is 0.306 e. The molecule has 1 heterocycles. The highest BCUT2D eigenvalue weighted by Gasteiger charge is 2.29. The fourth-order valence-corrected chi connectivity index (χ4v) is 1.68. The van der Waals surface area contributed by atoms with E-state index in [9.17, 15) is 4.79 Å². The quantitative estimate of drug-likeness (QED) is 0.544. The first kappa shape index (κ1) is 14.9. The zero-order valence-electron chi connectivity index (χ0n) is 10.6. The minimum absolute atomic E-state index is 0.115. The molecule has 0 bridgehead atoms. The van der Waals surface area contributed by atoms with Crippen LogP contribution in [0.25, 0.3) is 0 Å². The molecule has 0 spiro atoms. The Labute approximate surface area is 107 Å². The SMILES string of the molecule is C=CCO[C@H]1O[C@H](CO)C=C[C@@H]1CC(=O)OCC. The minimum Gasteiger partial charge on any atom is -0.466 e. The van der Waals surface area contributed by atoms with E-state index in [1.54, 1.807) is 19.1 Å². The summed E-state index contributed by atoms with van der Waals surface area (Å²) in [7, 11) is 0. The summed E-state index contributed by atoms with van der Waals surface area (Å²) in [6, 6.07) is 0. The summed E-state index contributed by atoms with van der Waals surface area (Å²) in [5.41, 5.74) is 0. The summed E-state index contributed by atoms with van der Waals surface area (Å²) >= 11 is 0. The van der Waals surface area contributed by atoms with Crippen LogP contribution in [0.4, 0.5) is 0 Å². The summed E-state index contributed by atoms with van der Waals surface area (Å²) in [5, 5.41) is 9.04. The van der Waals surface area contributed by atoms with E-state index in [1.807, 2.05) is 6.08 Å². The Balaban J connectivity index is 2.59. The Hall–Kier alpha value is -1.17. The lowest BCUT2D eigenvalue weighted by atomic mass is 10.0. The van der Waals surface area contributed by atoms with Gasteiger partial charge in [0.2, 0.25) is 0 Å². The molecule has 5 heteroatoms. The molecule has 0 aromatic rings. The van der Waals surface area contributed by atoms with Crippen molar-refractivity contribution < 1.29 is 24.1 Å². The van der Waals surface area contributed by atoms with Gasteiger partial charge in [0.1, 0.15) is 6.10 Å². The third-order valence-electron chi connectivity index (χ3n) is 2.50. The number of esters is 1. The third kappa shape index (κ3) is 4.60. The highest BCUT2D eigenvalue weighted by Crippen LogP contribution is 2.23. The maximum absolute atomic E-state index is 11.4. The largest absolute Gasteiger partial charge is 0.466 e. The zero-order chi connectivity index (χ0) is 13.4. The molecule has 18 heavy (non-hydrogen) atoms. The van der Waals surface area contributed by atoms with Crippen LogP contribution in [0.2, 0.25) is 0 Å². The van der Waals surface area contributed by atoms with Gasteiger partial charge in [-0.25, -0.2) is 0 Å². The van der Waals surface area contributed by atoms with Crippen molar-refractivity contribution >= 4 is 5.97 Å². The monoisotopic (exact) mass is 256 g/mol. The Morgan fingerprint density at radius 1 is 1.56 bits per heavy atom. The van der Waals surface area contributed by atoms with Crippen LogP contribution in [0.3, 0.4) is 0 Å². The second-order valence-electron chi connectivity index (χ2n) is 3.91. The molecule has 0 fully saturated rings. The Morgan fingerprint density at radius 2 is 2.33 bits per heavy atom. The first-order valence-electron chi connectivity index (χ1n) is 6.04. The van der Waals surface area contributed by atoms with E-state index in [0.717, 1.165) is 0 Å². The normalized spacial score (nSPS) is 26.9. The van der Waals surface area contributed by atoms with Crippen molar-refractivity contribution in [3.05, 3.63) is 24.8 Å². The first-order chi connectivity index (χ1) is 8.71. The number of rotatable bonds is 7. The van der Waals surface area contributed by atoms with E-state index in [0.29, 0.717) is 13.2 Å². The number of ether oxygens (including phenoxy) is 3. The average Bonchev–Trinajstić information content (AvgIpc) is 2.37. The van der Waals surface area contributed by atoms with Crippen molar-refractivity contribution in [2.75, 3.05) is 19.8 Å². The van der Waals surface area contributed by atoms with E-state index in [4.69, 9.17) is 19.3 Å². The van der Waals surface area contributed by atoms with Gasteiger partial charge in [0, 0.05) is 5.92 Å². The van der Waals surface area contributed by atoms with Gasteiger partial charge in [-0.3, -0.25) is 4.79 Å². The summed E-state index contributed by atoms with van der Waals surface area (Å²) in [6.45, 7) is 5.89. The van der Waals surface area contributed by atoms with Gasteiger partial charge in [0.15, 0.2) is 6.29 Å². The number of hydrogen-bond acceptors (Lipinski definition) is 5. The van der Waals surface area contributed by atoms with Gasteiger partial charge in [-0.05, 0) is 6.92 Å². The lowest BCUT2D eigenvalue weighted by Gasteiger charge is -2.30. The fourth-order valence-electron chi connectivity index (χ4n) is 1.68. The van der Waals surface area contributed by atoms with Crippen molar-refractivity contribution in [3.63, 3.8) is 0 Å². The second kappa shape index (κ2) is 8.02. The molecule has 0 saturated heterocycles. The predicted molar refractivity (Wildman–Crippen MR) is 65.8 cm³/mol.